The maximum Gasteiger partial charge on any atom is 0.238 e. The average molecular weight is 718 g/mol. The summed E-state index contributed by atoms with van der Waals surface area (Å²) < 4.78 is 2.21. The lowest BCUT2D eigenvalue weighted by atomic mass is 9.99. The molecule has 0 N–H and O–H groups in total. The maximum absolute atomic E-state index is 5.32. The Morgan fingerprint density at radius 1 is 0.357 bits per heavy atom. The van der Waals surface area contributed by atoms with Crippen LogP contribution in [0.3, 0.4) is 0 Å². The summed E-state index contributed by atoms with van der Waals surface area (Å²) in [6.07, 6.45) is 0. The Bertz CT molecular complexity index is 2920. The standard InChI is InChI=1S/C51H35N5/c1-5-19-36(20-6-1)43-31-18-32-45-44-30-14-16-34-47(44)56(48(43)45)51-53-49(37-21-7-2-8-22-37)52-50(54-51)39-24-17-23-38(35-39)42-29-13-15-33-46(42)55(40-25-9-3-10-26-40)41-27-11-4-12-28-41/h1-35H. The van der Waals surface area contributed by atoms with Gasteiger partial charge in [-0.05, 0) is 53.6 Å². The molecule has 0 saturated heterocycles. The zero-order valence-electron chi connectivity index (χ0n) is 30.4. The first-order chi connectivity index (χ1) is 27.8. The minimum Gasteiger partial charge on any atom is -0.310 e. The molecule has 2 aromatic heterocycles. The Morgan fingerprint density at radius 2 is 0.857 bits per heavy atom. The Labute approximate surface area is 325 Å². The molecule has 0 aliphatic carbocycles. The van der Waals surface area contributed by atoms with E-state index in [1.807, 2.05) is 18.2 Å². The van der Waals surface area contributed by atoms with Crippen LogP contribution in [0.2, 0.25) is 0 Å². The topological polar surface area (TPSA) is 46.8 Å². The van der Waals surface area contributed by atoms with Crippen molar-refractivity contribution in [3.8, 4) is 51.0 Å². The number of benzene rings is 8. The molecule has 0 atom stereocenters. The molecule has 0 unspecified atom stereocenters. The van der Waals surface area contributed by atoms with Gasteiger partial charge in [-0.1, -0.05) is 170 Å². The van der Waals surface area contributed by atoms with Gasteiger partial charge < -0.3 is 4.90 Å². The summed E-state index contributed by atoms with van der Waals surface area (Å²) in [5.74, 6) is 1.77. The number of fused-ring (bicyclic) bond motifs is 3. The fourth-order valence-corrected chi connectivity index (χ4v) is 7.71. The third-order valence-corrected chi connectivity index (χ3v) is 10.2. The highest BCUT2D eigenvalue weighted by Crippen LogP contribution is 2.42. The Kier molecular flexibility index (Phi) is 8.43. The maximum atomic E-state index is 5.32. The highest BCUT2D eigenvalue weighted by Gasteiger charge is 2.21. The van der Waals surface area contributed by atoms with Crippen molar-refractivity contribution in [1.82, 2.24) is 19.5 Å². The molecular weight excluding hydrogens is 683 g/mol. The molecule has 10 rings (SSSR count). The summed E-state index contributed by atoms with van der Waals surface area (Å²) in [6, 6.07) is 73.8. The molecule has 8 aromatic carbocycles. The predicted molar refractivity (Wildman–Crippen MR) is 231 cm³/mol. The molecule has 0 amide bonds. The number of aromatic nitrogens is 4. The second kappa shape index (κ2) is 14.3. The number of hydrogen-bond donors (Lipinski definition) is 0. The molecule has 0 radical (unpaired) electrons. The lowest BCUT2D eigenvalue weighted by Crippen LogP contribution is -2.11. The molecule has 5 nitrogen and oxygen atoms in total. The first kappa shape index (κ1) is 33.0. The summed E-state index contributed by atoms with van der Waals surface area (Å²) in [7, 11) is 0. The summed E-state index contributed by atoms with van der Waals surface area (Å²) in [4.78, 5) is 18.0. The van der Waals surface area contributed by atoms with Gasteiger partial charge in [-0.2, -0.15) is 9.97 Å². The normalized spacial score (nSPS) is 11.2. The molecule has 2 heterocycles. The molecule has 0 aliphatic heterocycles. The van der Waals surface area contributed by atoms with Crippen LogP contribution < -0.4 is 4.90 Å². The molecule has 0 fully saturated rings. The van der Waals surface area contributed by atoms with Crippen molar-refractivity contribution >= 4 is 38.9 Å². The summed E-state index contributed by atoms with van der Waals surface area (Å²) in [5.41, 5.74) is 11.5. The van der Waals surface area contributed by atoms with Gasteiger partial charge in [-0.15, -0.1) is 0 Å². The van der Waals surface area contributed by atoms with Gasteiger partial charge in [-0.3, -0.25) is 4.57 Å². The van der Waals surface area contributed by atoms with Gasteiger partial charge in [0.15, 0.2) is 11.6 Å². The van der Waals surface area contributed by atoms with Crippen molar-refractivity contribution in [3.63, 3.8) is 0 Å². The highest BCUT2D eigenvalue weighted by molar-refractivity contribution is 6.13. The summed E-state index contributed by atoms with van der Waals surface area (Å²) in [5, 5.41) is 2.29. The van der Waals surface area contributed by atoms with Gasteiger partial charge in [-0.25, -0.2) is 4.98 Å². The van der Waals surface area contributed by atoms with Crippen molar-refractivity contribution in [1.29, 1.82) is 0 Å². The molecule has 5 heteroatoms. The minimum atomic E-state index is 0.563. The fraction of sp³-hybridized carbons (Fsp3) is 0. The quantitative estimate of drug-likeness (QED) is 0.157. The minimum absolute atomic E-state index is 0.563. The van der Waals surface area contributed by atoms with Crippen LogP contribution in [0, 0.1) is 0 Å². The first-order valence-corrected chi connectivity index (χ1v) is 18.8. The predicted octanol–water partition coefficient (Wildman–Crippen LogP) is 13.1. The van der Waals surface area contributed by atoms with Crippen LogP contribution >= 0.6 is 0 Å². The molecule has 0 aliphatic rings. The zero-order valence-corrected chi connectivity index (χ0v) is 30.4. The SMILES string of the molecule is c1ccc(-c2nc(-c3cccc(-c4ccccc4N(c4ccccc4)c4ccccc4)c3)nc(-n3c4ccccc4c4cccc(-c5ccccc5)c43)n2)cc1. The van der Waals surface area contributed by atoms with Gasteiger partial charge in [0.25, 0.3) is 0 Å². The van der Waals surface area contributed by atoms with E-state index in [-0.39, 0.29) is 0 Å². The van der Waals surface area contributed by atoms with E-state index in [2.05, 4.69) is 204 Å². The molecule has 0 bridgehead atoms. The van der Waals surface area contributed by atoms with Crippen LogP contribution in [-0.2, 0) is 0 Å². The van der Waals surface area contributed by atoms with Crippen LogP contribution in [0.15, 0.2) is 212 Å². The van der Waals surface area contributed by atoms with Crippen LogP contribution in [0.25, 0.3) is 72.8 Å². The van der Waals surface area contributed by atoms with Crippen molar-refractivity contribution in [2.24, 2.45) is 0 Å². The average Bonchev–Trinajstić information content (AvgIpc) is 3.63. The smallest absolute Gasteiger partial charge is 0.238 e. The van der Waals surface area contributed by atoms with Crippen molar-refractivity contribution < 1.29 is 0 Å². The van der Waals surface area contributed by atoms with E-state index in [9.17, 15) is 0 Å². The van der Waals surface area contributed by atoms with Crippen molar-refractivity contribution in [2.75, 3.05) is 4.90 Å². The van der Waals surface area contributed by atoms with E-state index in [1.54, 1.807) is 0 Å². The molecule has 264 valence electrons. The Hall–Kier alpha value is -7.63. The monoisotopic (exact) mass is 717 g/mol. The largest absolute Gasteiger partial charge is 0.310 e. The summed E-state index contributed by atoms with van der Waals surface area (Å²) in [6.45, 7) is 0. The van der Waals surface area contributed by atoms with E-state index in [0.29, 0.717) is 17.6 Å². The number of nitrogens with zero attached hydrogens (tertiary/aromatic N) is 5. The Balaban J connectivity index is 1.18. The van der Waals surface area contributed by atoms with Gasteiger partial charge in [0.05, 0.1) is 16.7 Å². The molecule has 0 spiro atoms. The van der Waals surface area contributed by atoms with E-state index in [1.165, 1.54) is 0 Å². The first-order valence-electron chi connectivity index (χ1n) is 18.8. The van der Waals surface area contributed by atoms with Gasteiger partial charge in [0.1, 0.15) is 0 Å². The Morgan fingerprint density at radius 3 is 1.57 bits per heavy atom. The number of hydrogen-bond acceptors (Lipinski definition) is 4. The second-order valence-corrected chi connectivity index (χ2v) is 13.7. The van der Waals surface area contributed by atoms with Crippen molar-refractivity contribution in [2.45, 2.75) is 0 Å². The van der Waals surface area contributed by atoms with Crippen LogP contribution in [0.5, 0.6) is 0 Å². The van der Waals surface area contributed by atoms with E-state index >= 15 is 0 Å². The third kappa shape index (κ3) is 5.98. The third-order valence-electron chi connectivity index (χ3n) is 10.2. The van der Waals surface area contributed by atoms with Gasteiger partial charge >= 0.3 is 0 Å². The highest BCUT2D eigenvalue weighted by atomic mass is 15.2. The number of anilines is 3. The van der Waals surface area contributed by atoms with Crippen LogP contribution in [-0.4, -0.2) is 19.5 Å². The van der Waals surface area contributed by atoms with Gasteiger partial charge in [0, 0.05) is 44.4 Å². The lowest BCUT2D eigenvalue weighted by molar-refractivity contribution is 0.954. The number of rotatable bonds is 8. The second-order valence-electron chi connectivity index (χ2n) is 13.7. The van der Waals surface area contributed by atoms with Crippen LogP contribution in [0.4, 0.5) is 17.1 Å². The van der Waals surface area contributed by atoms with Crippen molar-refractivity contribution in [3.05, 3.63) is 212 Å². The molecular formula is C51H35N5. The molecule has 56 heavy (non-hydrogen) atoms. The van der Waals surface area contributed by atoms with E-state index < -0.39 is 0 Å². The van der Waals surface area contributed by atoms with Crippen LogP contribution in [0.1, 0.15) is 0 Å². The van der Waals surface area contributed by atoms with Gasteiger partial charge in [0.2, 0.25) is 5.95 Å². The fourth-order valence-electron chi connectivity index (χ4n) is 7.71. The van der Waals surface area contributed by atoms with E-state index in [4.69, 9.17) is 15.0 Å². The number of para-hydroxylation sites is 5. The lowest BCUT2D eigenvalue weighted by Gasteiger charge is -2.27. The van der Waals surface area contributed by atoms with E-state index in [0.717, 1.165) is 72.2 Å². The summed E-state index contributed by atoms with van der Waals surface area (Å²) >= 11 is 0. The zero-order chi connectivity index (χ0) is 37.3. The molecule has 0 saturated carbocycles. The molecule has 10 aromatic rings.